The molecular weight excluding hydrogens is 256 g/mol. The highest BCUT2D eigenvalue weighted by atomic mass is 32.2. The van der Waals surface area contributed by atoms with Crippen LogP contribution in [0.1, 0.15) is 30.1 Å². The Morgan fingerprint density at radius 3 is 2.53 bits per heavy atom. The summed E-state index contributed by atoms with van der Waals surface area (Å²) in [6, 6.07) is 7.77. The van der Waals surface area contributed by atoms with Gasteiger partial charge in [0.2, 0.25) is 0 Å². The maximum Gasteiger partial charge on any atom is 0.251 e. The van der Waals surface area contributed by atoms with E-state index in [-0.39, 0.29) is 11.3 Å². The topological polar surface area (TPSA) is 41.1 Å². The van der Waals surface area contributed by atoms with Crippen molar-refractivity contribution in [1.29, 1.82) is 0 Å². The molecule has 0 aromatic heterocycles. The summed E-state index contributed by atoms with van der Waals surface area (Å²) in [5.74, 6) is 0.0346. The van der Waals surface area contributed by atoms with Crippen LogP contribution in [0.4, 0.5) is 0 Å². The second kappa shape index (κ2) is 6.44. The quantitative estimate of drug-likeness (QED) is 0.832. The molecule has 19 heavy (non-hydrogen) atoms. The lowest BCUT2D eigenvalue weighted by Crippen LogP contribution is -2.42. The molecule has 0 atom stereocenters. The Bertz CT molecular complexity index is 424. The zero-order chi connectivity index (χ0) is 13.7. The zero-order valence-corrected chi connectivity index (χ0v) is 12.5. The molecule has 0 spiro atoms. The van der Waals surface area contributed by atoms with Gasteiger partial charge < -0.3 is 10.6 Å². The highest BCUT2D eigenvalue weighted by molar-refractivity contribution is 7.98. The predicted octanol–water partition coefficient (Wildman–Crippen LogP) is 2.53. The molecule has 1 aromatic carbocycles. The third-order valence-corrected chi connectivity index (χ3v) is 4.58. The van der Waals surface area contributed by atoms with Crippen molar-refractivity contribution < 1.29 is 4.79 Å². The third kappa shape index (κ3) is 3.98. The summed E-state index contributed by atoms with van der Waals surface area (Å²) in [5.41, 5.74) is 0.982. The molecule has 1 heterocycles. The molecule has 1 fully saturated rings. The Balaban J connectivity index is 1.89. The number of hydrogen-bond acceptors (Lipinski definition) is 3. The van der Waals surface area contributed by atoms with Gasteiger partial charge in [-0.15, -0.1) is 11.8 Å². The lowest BCUT2D eigenvalue weighted by atomic mass is 9.81. The smallest absolute Gasteiger partial charge is 0.251 e. The largest absolute Gasteiger partial charge is 0.351 e. The Kier molecular flexibility index (Phi) is 4.88. The first-order valence-electron chi connectivity index (χ1n) is 6.76. The van der Waals surface area contributed by atoms with Gasteiger partial charge in [0.25, 0.3) is 5.91 Å². The fraction of sp³-hybridized carbons (Fsp3) is 0.533. The highest BCUT2D eigenvalue weighted by Crippen LogP contribution is 2.26. The number of carbonyl (C=O) groups excluding carboxylic acids is 1. The molecule has 1 saturated heterocycles. The summed E-state index contributed by atoms with van der Waals surface area (Å²) in [6.07, 6.45) is 4.28. The number of benzene rings is 1. The molecule has 3 nitrogen and oxygen atoms in total. The number of rotatable bonds is 4. The standard InChI is InChI=1S/C15H22N2OS/c1-15(7-9-16-10-8-15)11-17-14(18)12-3-5-13(19-2)6-4-12/h3-6,16H,7-11H2,1-2H3,(H,17,18). The van der Waals surface area contributed by atoms with Crippen molar-refractivity contribution in [2.45, 2.75) is 24.7 Å². The molecule has 0 saturated carbocycles. The Labute approximate surface area is 119 Å². The summed E-state index contributed by atoms with van der Waals surface area (Å²) in [7, 11) is 0. The first-order valence-corrected chi connectivity index (χ1v) is 7.98. The van der Waals surface area contributed by atoms with E-state index in [4.69, 9.17) is 0 Å². The van der Waals surface area contributed by atoms with Gasteiger partial charge in [-0.1, -0.05) is 6.92 Å². The molecule has 1 aromatic rings. The van der Waals surface area contributed by atoms with E-state index in [2.05, 4.69) is 17.6 Å². The lowest BCUT2D eigenvalue weighted by molar-refractivity contribution is 0.0922. The molecule has 0 bridgehead atoms. The molecule has 0 radical (unpaired) electrons. The minimum Gasteiger partial charge on any atom is -0.351 e. The molecule has 104 valence electrons. The van der Waals surface area contributed by atoms with E-state index < -0.39 is 0 Å². The summed E-state index contributed by atoms with van der Waals surface area (Å²) in [4.78, 5) is 13.3. The van der Waals surface area contributed by atoms with E-state index in [0.29, 0.717) is 0 Å². The first kappa shape index (κ1) is 14.4. The van der Waals surface area contributed by atoms with Gasteiger partial charge in [0.05, 0.1) is 0 Å². The average Bonchev–Trinajstić information content (AvgIpc) is 2.46. The maximum absolute atomic E-state index is 12.1. The molecule has 2 N–H and O–H groups in total. The van der Waals surface area contributed by atoms with Crippen molar-refractivity contribution in [3.8, 4) is 0 Å². The minimum absolute atomic E-state index is 0.0346. The Morgan fingerprint density at radius 1 is 1.32 bits per heavy atom. The van der Waals surface area contributed by atoms with Gasteiger partial charge >= 0.3 is 0 Å². The minimum atomic E-state index is 0.0346. The van der Waals surface area contributed by atoms with Crippen LogP contribution in [0.25, 0.3) is 0 Å². The lowest BCUT2D eigenvalue weighted by Gasteiger charge is -2.34. The van der Waals surface area contributed by atoms with E-state index in [1.165, 1.54) is 4.90 Å². The predicted molar refractivity (Wildman–Crippen MR) is 80.8 cm³/mol. The molecule has 0 unspecified atom stereocenters. The van der Waals surface area contributed by atoms with Gasteiger partial charge in [0.15, 0.2) is 0 Å². The van der Waals surface area contributed by atoms with Crippen LogP contribution in [0.5, 0.6) is 0 Å². The highest BCUT2D eigenvalue weighted by Gasteiger charge is 2.27. The second-order valence-corrected chi connectivity index (χ2v) is 6.35. The number of thioether (sulfide) groups is 1. The van der Waals surface area contributed by atoms with E-state index in [1.807, 2.05) is 30.5 Å². The molecular formula is C15H22N2OS. The van der Waals surface area contributed by atoms with Crippen molar-refractivity contribution in [3.63, 3.8) is 0 Å². The monoisotopic (exact) mass is 278 g/mol. The Hall–Kier alpha value is -1.00. The third-order valence-electron chi connectivity index (χ3n) is 3.84. The van der Waals surface area contributed by atoms with Crippen molar-refractivity contribution >= 4 is 17.7 Å². The second-order valence-electron chi connectivity index (χ2n) is 5.47. The van der Waals surface area contributed by atoms with Crippen LogP contribution in [0.3, 0.4) is 0 Å². The van der Waals surface area contributed by atoms with Crippen molar-refractivity contribution in [3.05, 3.63) is 29.8 Å². The van der Waals surface area contributed by atoms with Gasteiger partial charge in [-0.05, 0) is 61.9 Å². The van der Waals surface area contributed by atoms with Crippen LogP contribution in [0, 0.1) is 5.41 Å². The summed E-state index contributed by atoms with van der Waals surface area (Å²) in [5, 5.41) is 6.43. The molecule has 1 aliphatic rings. The van der Waals surface area contributed by atoms with Gasteiger partial charge in [0.1, 0.15) is 0 Å². The van der Waals surface area contributed by atoms with Crippen molar-refractivity contribution in [2.75, 3.05) is 25.9 Å². The number of amides is 1. The van der Waals surface area contributed by atoms with E-state index in [9.17, 15) is 4.79 Å². The molecule has 1 aliphatic heterocycles. The maximum atomic E-state index is 12.1. The van der Waals surface area contributed by atoms with Gasteiger partial charge in [-0.2, -0.15) is 0 Å². The number of piperidine rings is 1. The fourth-order valence-corrected chi connectivity index (χ4v) is 2.75. The molecule has 0 aliphatic carbocycles. The van der Waals surface area contributed by atoms with Crippen LogP contribution in [-0.4, -0.2) is 31.8 Å². The first-order chi connectivity index (χ1) is 9.13. The number of carbonyl (C=O) groups is 1. The van der Waals surface area contributed by atoms with Crippen LogP contribution < -0.4 is 10.6 Å². The van der Waals surface area contributed by atoms with Crippen LogP contribution in [0.15, 0.2) is 29.2 Å². The SMILES string of the molecule is CSc1ccc(C(=O)NCC2(C)CCNCC2)cc1. The van der Waals surface area contributed by atoms with Crippen molar-refractivity contribution in [2.24, 2.45) is 5.41 Å². The summed E-state index contributed by atoms with van der Waals surface area (Å²) >= 11 is 1.69. The number of hydrogen-bond donors (Lipinski definition) is 2. The summed E-state index contributed by atoms with van der Waals surface area (Å²) < 4.78 is 0. The average molecular weight is 278 g/mol. The fourth-order valence-electron chi connectivity index (χ4n) is 2.35. The molecule has 4 heteroatoms. The van der Waals surface area contributed by atoms with E-state index in [1.54, 1.807) is 11.8 Å². The van der Waals surface area contributed by atoms with Crippen LogP contribution in [0.2, 0.25) is 0 Å². The van der Waals surface area contributed by atoms with Gasteiger partial charge in [-0.25, -0.2) is 0 Å². The van der Waals surface area contributed by atoms with E-state index >= 15 is 0 Å². The number of nitrogens with one attached hydrogen (secondary N) is 2. The summed E-state index contributed by atoms with van der Waals surface area (Å²) in [6.45, 7) is 5.12. The molecule has 1 amide bonds. The zero-order valence-electron chi connectivity index (χ0n) is 11.7. The van der Waals surface area contributed by atoms with Gasteiger partial charge in [0, 0.05) is 17.0 Å². The Morgan fingerprint density at radius 2 is 1.95 bits per heavy atom. The van der Waals surface area contributed by atoms with Crippen molar-refractivity contribution in [1.82, 2.24) is 10.6 Å². The van der Waals surface area contributed by atoms with Crippen LogP contribution >= 0.6 is 11.8 Å². The van der Waals surface area contributed by atoms with Gasteiger partial charge in [-0.3, -0.25) is 4.79 Å². The molecule has 2 rings (SSSR count). The normalized spacial score (nSPS) is 18.0. The van der Waals surface area contributed by atoms with Crippen LogP contribution in [-0.2, 0) is 0 Å². The van der Waals surface area contributed by atoms with E-state index in [0.717, 1.165) is 38.0 Å².